The Kier molecular flexibility index (Phi) is 5.78. The highest BCUT2D eigenvalue weighted by Crippen LogP contribution is 2.25. The topological polar surface area (TPSA) is 53.5 Å². The maximum atomic E-state index is 6.14. The summed E-state index contributed by atoms with van der Waals surface area (Å²) in [6, 6.07) is 16.1. The summed E-state index contributed by atoms with van der Waals surface area (Å²) in [4.78, 5) is 14.2. The molecule has 0 aliphatic carbocycles. The number of fused-ring (bicyclic) bond motifs is 1. The minimum atomic E-state index is 0.631. The van der Waals surface area contributed by atoms with Crippen molar-refractivity contribution in [3.05, 3.63) is 53.6 Å². The molecule has 1 aromatic heterocycles. The molecule has 0 amide bonds. The summed E-state index contributed by atoms with van der Waals surface area (Å²) in [6.07, 6.45) is 0. The third-order valence-electron chi connectivity index (χ3n) is 4.93. The van der Waals surface area contributed by atoms with Crippen molar-refractivity contribution < 1.29 is 4.74 Å². The normalized spacial score (nSPS) is 14.5. The molecule has 2 aromatic carbocycles. The first-order chi connectivity index (χ1) is 13.7. The van der Waals surface area contributed by atoms with E-state index >= 15 is 0 Å². The van der Waals surface area contributed by atoms with E-state index in [4.69, 9.17) is 26.3 Å². The van der Waals surface area contributed by atoms with Crippen molar-refractivity contribution in [3.8, 4) is 0 Å². The van der Waals surface area contributed by atoms with Crippen molar-refractivity contribution in [2.45, 2.75) is 0 Å². The predicted molar refractivity (Wildman–Crippen MR) is 116 cm³/mol. The SMILES string of the molecule is COCCNc1nc(N2CCN(c3cccc(Cl)c3)CC2)nc2ccccc12. The number of hydrogen-bond donors (Lipinski definition) is 1. The molecular weight excluding hydrogens is 374 g/mol. The zero-order valence-corrected chi connectivity index (χ0v) is 16.7. The van der Waals surface area contributed by atoms with Crippen LogP contribution in [0.2, 0.25) is 5.02 Å². The number of rotatable bonds is 6. The fraction of sp³-hybridized carbons (Fsp3) is 0.333. The summed E-state index contributed by atoms with van der Waals surface area (Å²) in [5.41, 5.74) is 2.11. The maximum absolute atomic E-state index is 6.14. The van der Waals surface area contributed by atoms with Crippen molar-refractivity contribution in [2.24, 2.45) is 0 Å². The zero-order valence-electron chi connectivity index (χ0n) is 15.9. The van der Waals surface area contributed by atoms with E-state index in [0.29, 0.717) is 13.2 Å². The van der Waals surface area contributed by atoms with Gasteiger partial charge in [0.1, 0.15) is 5.82 Å². The van der Waals surface area contributed by atoms with Crippen molar-refractivity contribution in [1.29, 1.82) is 0 Å². The fourth-order valence-electron chi connectivity index (χ4n) is 3.45. The molecule has 1 fully saturated rings. The lowest BCUT2D eigenvalue weighted by atomic mass is 10.2. The maximum Gasteiger partial charge on any atom is 0.228 e. The van der Waals surface area contributed by atoms with Gasteiger partial charge < -0.3 is 19.9 Å². The molecule has 4 rings (SSSR count). The quantitative estimate of drug-likeness (QED) is 0.640. The van der Waals surface area contributed by atoms with Gasteiger partial charge in [-0.3, -0.25) is 0 Å². The van der Waals surface area contributed by atoms with Gasteiger partial charge in [-0.25, -0.2) is 4.98 Å². The molecule has 0 spiro atoms. The number of aromatic nitrogens is 2. The Balaban J connectivity index is 1.53. The van der Waals surface area contributed by atoms with E-state index in [-0.39, 0.29) is 0 Å². The zero-order chi connectivity index (χ0) is 19.3. The first-order valence-corrected chi connectivity index (χ1v) is 9.87. The van der Waals surface area contributed by atoms with Crippen LogP contribution in [-0.4, -0.2) is 56.4 Å². The van der Waals surface area contributed by atoms with Crippen LogP contribution >= 0.6 is 11.6 Å². The molecule has 0 bridgehead atoms. The van der Waals surface area contributed by atoms with E-state index in [9.17, 15) is 0 Å². The molecule has 1 N–H and O–H groups in total. The summed E-state index contributed by atoms with van der Waals surface area (Å²) >= 11 is 6.14. The Labute approximate surface area is 170 Å². The number of halogens is 1. The van der Waals surface area contributed by atoms with Gasteiger partial charge in [0.05, 0.1) is 12.1 Å². The van der Waals surface area contributed by atoms with Gasteiger partial charge in [0, 0.05) is 55.9 Å². The molecule has 1 saturated heterocycles. The van der Waals surface area contributed by atoms with E-state index in [0.717, 1.165) is 59.6 Å². The van der Waals surface area contributed by atoms with Gasteiger partial charge in [-0.2, -0.15) is 4.98 Å². The van der Waals surface area contributed by atoms with E-state index in [1.807, 2.05) is 42.5 Å². The number of hydrogen-bond acceptors (Lipinski definition) is 6. The number of anilines is 3. The minimum absolute atomic E-state index is 0.631. The summed E-state index contributed by atoms with van der Waals surface area (Å²) in [5.74, 6) is 1.62. The second-order valence-electron chi connectivity index (χ2n) is 6.76. The Morgan fingerprint density at radius 3 is 2.57 bits per heavy atom. The highest BCUT2D eigenvalue weighted by atomic mass is 35.5. The summed E-state index contributed by atoms with van der Waals surface area (Å²) in [6.45, 7) is 4.88. The largest absolute Gasteiger partial charge is 0.383 e. The van der Waals surface area contributed by atoms with Crippen LogP contribution < -0.4 is 15.1 Å². The van der Waals surface area contributed by atoms with E-state index < -0.39 is 0 Å². The Bertz CT molecular complexity index is 943. The predicted octanol–water partition coefficient (Wildman–Crippen LogP) is 3.67. The monoisotopic (exact) mass is 397 g/mol. The van der Waals surface area contributed by atoms with Crippen LogP contribution in [0.3, 0.4) is 0 Å². The molecule has 146 valence electrons. The average Bonchev–Trinajstić information content (AvgIpc) is 2.74. The van der Waals surface area contributed by atoms with E-state index in [1.165, 1.54) is 0 Å². The average molecular weight is 398 g/mol. The van der Waals surface area contributed by atoms with Crippen LogP contribution in [-0.2, 0) is 4.74 Å². The number of para-hydroxylation sites is 1. The highest BCUT2D eigenvalue weighted by Gasteiger charge is 2.20. The fourth-order valence-corrected chi connectivity index (χ4v) is 3.63. The molecule has 6 nitrogen and oxygen atoms in total. The van der Waals surface area contributed by atoms with Gasteiger partial charge in [0.2, 0.25) is 5.95 Å². The molecule has 1 aliphatic heterocycles. The van der Waals surface area contributed by atoms with Crippen LogP contribution in [0.4, 0.5) is 17.5 Å². The van der Waals surface area contributed by atoms with Crippen LogP contribution in [0.1, 0.15) is 0 Å². The highest BCUT2D eigenvalue weighted by molar-refractivity contribution is 6.30. The lowest BCUT2D eigenvalue weighted by Gasteiger charge is -2.36. The van der Waals surface area contributed by atoms with Crippen LogP contribution in [0.15, 0.2) is 48.5 Å². The summed E-state index contributed by atoms with van der Waals surface area (Å²) < 4.78 is 5.15. The molecule has 0 radical (unpaired) electrons. The van der Waals surface area contributed by atoms with Crippen molar-refractivity contribution in [3.63, 3.8) is 0 Å². The van der Waals surface area contributed by atoms with Crippen LogP contribution in [0.25, 0.3) is 10.9 Å². The number of piperazine rings is 1. The van der Waals surface area contributed by atoms with Gasteiger partial charge in [-0.05, 0) is 30.3 Å². The molecule has 0 saturated carbocycles. The van der Waals surface area contributed by atoms with Gasteiger partial charge >= 0.3 is 0 Å². The van der Waals surface area contributed by atoms with E-state index in [2.05, 4.69) is 21.2 Å². The smallest absolute Gasteiger partial charge is 0.228 e. The van der Waals surface area contributed by atoms with Crippen LogP contribution in [0.5, 0.6) is 0 Å². The summed E-state index contributed by atoms with van der Waals surface area (Å²) in [7, 11) is 1.70. The van der Waals surface area contributed by atoms with Gasteiger partial charge in [0.15, 0.2) is 0 Å². The number of nitrogens with zero attached hydrogens (tertiary/aromatic N) is 4. The van der Waals surface area contributed by atoms with Crippen molar-refractivity contribution >= 4 is 40.0 Å². The number of benzene rings is 2. The minimum Gasteiger partial charge on any atom is -0.383 e. The third-order valence-corrected chi connectivity index (χ3v) is 5.16. The third kappa shape index (κ3) is 4.13. The second kappa shape index (κ2) is 8.63. The molecule has 2 heterocycles. The van der Waals surface area contributed by atoms with Gasteiger partial charge in [-0.1, -0.05) is 29.8 Å². The second-order valence-corrected chi connectivity index (χ2v) is 7.20. The summed E-state index contributed by atoms with van der Waals surface area (Å²) in [5, 5.41) is 5.18. The lowest BCUT2D eigenvalue weighted by molar-refractivity contribution is 0.210. The van der Waals surface area contributed by atoms with Gasteiger partial charge in [0.25, 0.3) is 0 Å². The molecular formula is C21H24ClN5O. The standard InChI is InChI=1S/C21H24ClN5O/c1-28-14-9-23-20-18-7-2-3-8-19(18)24-21(25-20)27-12-10-26(11-13-27)17-6-4-5-16(22)15-17/h2-8,15H,9-14H2,1H3,(H,23,24,25). The van der Waals surface area contributed by atoms with Crippen molar-refractivity contribution in [1.82, 2.24) is 9.97 Å². The first kappa shape index (κ1) is 18.8. The Morgan fingerprint density at radius 1 is 1.00 bits per heavy atom. The van der Waals surface area contributed by atoms with Crippen molar-refractivity contribution in [2.75, 3.05) is 61.6 Å². The number of nitrogens with one attached hydrogen (secondary N) is 1. The first-order valence-electron chi connectivity index (χ1n) is 9.49. The number of methoxy groups -OCH3 is 1. The molecule has 28 heavy (non-hydrogen) atoms. The van der Waals surface area contributed by atoms with Crippen LogP contribution in [0, 0.1) is 0 Å². The Morgan fingerprint density at radius 2 is 1.79 bits per heavy atom. The molecule has 0 unspecified atom stereocenters. The molecule has 0 atom stereocenters. The molecule has 1 aliphatic rings. The Hall–Kier alpha value is -2.57. The molecule has 3 aromatic rings. The molecule has 7 heteroatoms. The van der Waals surface area contributed by atoms with Gasteiger partial charge in [-0.15, -0.1) is 0 Å². The van der Waals surface area contributed by atoms with E-state index in [1.54, 1.807) is 7.11 Å². The lowest BCUT2D eigenvalue weighted by Crippen LogP contribution is -2.47. The number of ether oxygens (including phenoxy) is 1.